The van der Waals surface area contributed by atoms with E-state index in [4.69, 9.17) is 23.2 Å². The Morgan fingerprint density at radius 1 is 1.26 bits per heavy atom. The molecular weight excluding hydrogens is 568 g/mol. The summed E-state index contributed by atoms with van der Waals surface area (Å²) in [5.41, 5.74) is 0.360. The highest BCUT2D eigenvalue weighted by Gasteiger charge is 2.21. The normalized spacial score (nSPS) is 11.7. The Kier molecular flexibility index (Phi) is 9.12. The Bertz CT molecular complexity index is 1240. The lowest BCUT2D eigenvalue weighted by molar-refractivity contribution is -0.113. The number of benzene rings is 2. The molecule has 34 heavy (non-hydrogen) atoms. The SMILES string of the molecule is C=CCn1c(SCC(=O)Nc2ccc(Br)cc2F)nnc1[C@H](C)NC(=O)c1ccc(Cl)cc1Cl. The maximum atomic E-state index is 14.0. The van der Waals surface area contributed by atoms with Gasteiger partial charge in [0.15, 0.2) is 11.0 Å². The predicted octanol–water partition coefficient (Wildman–Crippen LogP) is 5.89. The van der Waals surface area contributed by atoms with Crippen LogP contribution in [0.2, 0.25) is 10.0 Å². The first kappa shape index (κ1) is 26.2. The number of rotatable bonds is 9. The highest BCUT2D eigenvalue weighted by molar-refractivity contribution is 9.10. The van der Waals surface area contributed by atoms with Crippen molar-refractivity contribution in [2.45, 2.75) is 24.7 Å². The lowest BCUT2D eigenvalue weighted by Gasteiger charge is -2.16. The number of hydrogen-bond donors (Lipinski definition) is 2. The van der Waals surface area contributed by atoms with E-state index in [1.807, 2.05) is 0 Å². The van der Waals surface area contributed by atoms with E-state index in [-0.39, 0.29) is 22.0 Å². The summed E-state index contributed by atoms with van der Waals surface area (Å²) in [6, 6.07) is 8.45. The van der Waals surface area contributed by atoms with Crippen molar-refractivity contribution in [3.63, 3.8) is 0 Å². The van der Waals surface area contributed by atoms with Crippen LogP contribution in [0.15, 0.2) is 58.7 Å². The molecule has 2 amide bonds. The van der Waals surface area contributed by atoms with Gasteiger partial charge in [-0.1, -0.05) is 57.0 Å². The lowest BCUT2D eigenvalue weighted by atomic mass is 10.2. The molecule has 1 aromatic heterocycles. The second-order valence-electron chi connectivity index (χ2n) is 7.02. The zero-order chi connectivity index (χ0) is 24.8. The number of carbonyl (C=O) groups excluding carboxylic acids is 2. The van der Waals surface area contributed by atoms with Gasteiger partial charge in [-0.25, -0.2) is 4.39 Å². The fraction of sp³-hybridized carbons (Fsp3) is 0.182. The monoisotopic (exact) mass is 585 g/mol. The van der Waals surface area contributed by atoms with Crippen LogP contribution in [0, 0.1) is 5.82 Å². The van der Waals surface area contributed by atoms with E-state index in [1.165, 1.54) is 24.3 Å². The van der Waals surface area contributed by atoms with Crippen molar-refractivity contribution in [1.82, 2.24) is 20.1 Å². The minimum Gasteiger partial charge on any atom is -0.342 e. The Balaban J connectivity index is 1.68. The fourth-order valence-corrected chi connectivity index (χ4v) is 4.53. The first-order valence-corrected chi connectivity index (χ1v) is 12.4. The number of nitrogens with one attached hydrogen (secondary N) is 2. The molecule has 0 bridgehead atoms. The topological polar surface area (TPSA) is 88.9 Å². The van der Waals surface area contributed by atoms with Crippen molar-refractivity contribution in [2.75, 3.05) is 11.1 Å². The molecule has 1 heterocycles. The van der Waals surface area contributed by atoms with E-state index < -0.39 is 23.7 Å². The van der Waals surface area contributed by atoms with Crippen LogP contribution in [0.3, 0.4) is 0 Å². The molecule has 0 unspecified atom stereocenters. The van der Waals surface area contributed by atoms with Crippen LogP contribution in [-0.4, -0.2) is 32.3 Å². The molecule has 0 saturated carbocycles. The van der Waals surface area contributed by atoms with Gasteiger partial charge < -0.3 is 15.2 Å². The van der Waals surface area contributed by atoms with Crippen molar-refractivity contribution < 1.29 is 14.0 Å². The smallest absolute Gasteiger partial charge is 0.253 e. The van der Waals surface area contributed by atoms with Crippen molar-refractivity contribution in [3.05, 3.63) is 80.8 Å². The Morgan fingerprint density at radius 2 is 2.03 bits per heavy atom. The van der Waals surface area contributed by atoms with Crippen LogP contribution in [-0.2, 0) is 11.3 Å². The van der Waals surface area contributed by atoms with Gasteiger partial charge in [0.05, 0.1) is 28.1 Å². The highest BCUT2D eigenvalue weighted by atomic mass is 79.9. The molecule has 2 aromatic carbocycles. The number of aromatic nitrogens is 3. The molecule has 0 aliphatic carbocycles. The summed E-state index contributed by atoms with van der Waals surface area (Å²) in [7, 11) is 0. The van der Waals surface area contributed by atoms with Crippen molar-refractivity contribution in [1.29, 1.82) is 0 Å². The number of thioether (sulfide) groups is 1. The van der Waals surface area contributed by atoms with Gasteiger partial charge in [-0.15, -0.1) is 16.8 Å². The standard InChI is InChI=1S/C22H19BrCl2FN5O2S/c1-3-8-31-20(12(2)27-21(33)15-6-5-14(24)10-16(15)25)29-30-22(31)34-11-19(32)28-18-7-4-13(23)9-17(18)26/h3-7,9-10,12H,1,8,11H2,2H3,(H,27,33)(H,28,32)/t12-/m0/s1. The largest absolute Gasteiger partial charge is 0.342 e. The average molecular weight is 587 g/mol. The van der Waals surface area contributed by atoms with Crippen molar-refractivity contribution in [3.8, 4) is 0 Å². The third kappa shape index (κ3) is 6.59. The van der Waals surface area contributed by atoms with E-state index in [2.05, 4.69) is 43.3 Å². The predicted molar refractivity (Wildman–Crippen MR) is 136 cm³/mol. The molecule has 0 aliphatic heterocycles. The molecular formula is C22H19BrCl2FN5O2S. The minimum absolute atomic E-state index is 0.0219. The molecule has 0 aliphatic rings. The van der Waals surface area contributed by atoms with Crippen LogP contribution < -0.4 is 10.6 Å². The van der Waals surface area contributed by atoms with Gasteiger partial charge in [-0.05, 0) is 43.3 Å². The van der Waals surface area contributed by atoms with Crippen LogP contribution in [0.4, 0.5) is 10.1 Å². The summed E-state index contributed by atoms with van der Waals surface area (Å²) in [6.45, 7) is 5.86. The summed E-state index contributed by atoms with van der Waals surface area (Å²) in [6.07, 6.45) is 1.65. The lowest BCUT2D eigenvalue weighted by Crippen LogP contribution is -2.29. The number of carbonyl (C=O) groups is 2. The van der Waals surface area contributed by atoms with E-state index in [1.54, 1.807) is 29.7 Å². The molecule has 3 rings (SSSR count). The molecule has 0 fully saturated rings. The van der Waals surface area contributed by atoms with Crippen molar-refractivity contribution in [2.24, 2.45) is 0 Å². The number of anilines is 1. The Labute approximate surface area is 218 Å². The van der Waals surface area contributed by atoms with E-state index in [0.29, 0.717) is 27.0 Å². The molecule has 178 valence electrons. The molecule has 0 radical (unpaired) electrons. The second kappa shape index (κ2) is 11.8. The van der Waals surface area contributed by atoms with Gasteiger partial charge in [0.2, 0.25) is 5.91 Å². The van der Waals surface area contributed by atoms with Crippen molar-refractivity contribution >= 4 is 68.4 Å². The van der Waals surface area contributed by atoms with Gasteiger partial charge in [0.1, 0.15) is 5.82 Å². The van der Waals surface area contributed by atoms with Gasteiger partial charge >= 0.3 is 0 Å². The summed E-state index contributed by atoms with van der Waals surface area (Å²) >= 11 is 16.3. The third-order valence-electron chi connectivity index (χ3n) is 4.51. The summed E-state index contributed by atoms with van der Waals surface area (Å²) in [5, 5.41) is 14.8. The number of allylic oxidation sites excluding steroid dienone is 1. The average Bonchev–Trinajstić information content (AvgIpc) is 3.17. The third-order valence-corrected chi connectivity index (χ3v) is 6.51. The number of nitrogens with zero attached hydrogens (tertiary/aromatic N) is 3. The van der Waals surface area contributed by atoms with Gasteiger partial charge in [-0.2, -0.15) is 0 Å². The maximum Gasteiger partial charge on any atom is 0.253 e. The summed E-state index contributed by atoms with van der Waals surface area (Å²) in [4.78, 5) is 25.0. The zero-order valence-electron chi connectivity index (χ0n) is 17.8. The fourth-order valence-electron chi connectivity index (χ4n) is 2.95. The van der Waals surface area contributed by atoms with Crippen LogP contribution in [0.25, 0.3) is 0 Å². The van der Waals surface area contributed by atoms with Crippen LogP contribution in [0.1, 0.15) is 29.1 Å². The summed E-state index contributed by atoms with van der Waals surface area (Å²) < 4.78 is 16.3. The van der Waals surface area contributed by atoms with E-state index >= 15 is 0 Å². The molecule has 12 heteroatoms. The molecule has 7 nitrogen and oxygen atoms in total. The molecule has 2 N–H and O–H groups in total. The second-order valence-corrected chi connectivity index (χ2v) is 9.72. The van der Waals surface area contributed by atoms with E-state index in [9.17, 15) is 14.0 Å². The van der Waals surface area contributed by atoms with E-state index in [0.717, 1.165) is 11.8 Å². The zero-order valence-corrected chi connectivity index (χ0v) is 21.7. The first-order chi connectivity index (χ1) is 16.2. The number of halogens is 4. The number of hydrogen-bond acceptors (Lipinski definition) is 5. The molecule has 0 spiro atoms. The van der Waals surface area contributed by atoms with Gasteiger partial charge in [0.25, 0.3) is 5.91 Å². The van der Waals surface area contributed by atoms with Crippen LogP contribution >= 0.6 is 50.9 Å². The molecule has 3 aromatic rings. The van der Waals surface area contributed by atoms with Gasteiger partial charge in [0, 0.05) is 16.0 Å². The molecule has 1 atom stereocenters. The minimum atomic E-state index is -0.546. The first-order valence-electron chi connectivity index (χ1n) is 9.87. The van der Waals surface area contributed by atoms with Crippen LogP contribution in [0.5, 0.6) is 0 Å². The quantitative estimate of drug-likeness (QED) is 0.241. The Morgan fingerprint density at radius 3 is 2.71 bits per heavy atom. The van der Waals surface area contributed by atoms with Gasteiger partial charge in [-0.3, -0.25) is 9.59 Å². The molecule has 0 saturated heterocycles. The Hall–Kier alpha value is -2.40. The highest BCUT2D eigenvalue weighted by Crippen LogP contribution is 2.24. The summed E-state index contributed by atoms with van der Waals surface area (Å²) in [5.74, 6) is -0.895. The maximum absolute atomic E-state index is 14.0. The number of amides is 2.